The average molecular weight is 446 g/mol. The molecule has 0 atom stereocenters. The highest BCUT2D eigenvalue weighted by molar-refractivity contribution is 5.80. The molecule has 0 amide bonds. The first-order valence-electron chi connectivity index (χ1n) is 11.5. The summed E-state index contributed by atoms with van der Waals surface area (Å²) in [6.45, 7) is 8.71. The highest BCUT2D eigenvalue weighted by Gasteiger charge is 2.38. The minimum Gasteiger partial charge on any atom is -0.372 e. The molecule has 0 aliphatic carbocycles. The molecule has 0 bridgehead atoms. The second-order valence-corrected chi connectivity index (χ2v) is 9.05. The van der Waals surface area contributed by atoms with Crippen molar-refractivity contribution in [1.29, 1.82) is 0 Å². The molecule has 1 N–H and O–H groups in total. The maximum absolute atomic E-state index is 6.11. The first-order chi connectivity index (χ1) is 15.9. The summed E-state index contributed by atoms with van der Waals surface area (Å²) in [5, 5.41) is 13.5. The first kappa shape index (κ1) is 21.7. The number of para-hydroxylation sites is 1. The number of H-pyrrole nitrogens is 1. The predicted molar refractivity (Wildman–Crippen MR) is 128 cm³/mol. The molecule has 0 saturated carbocycles. The summed E-state index contributed by atoms with van der Waals surface area (Å²) in [6.07, 6.45) is 1.76. The number of nitrogens with one attached hydrogen (secondary N) is 1. The van der Waals surface area contributed by atoms with Crippen molar-refractivity contribution in [2.75, 3.05) is 20.2 Å². The second kappa shape index (κ2) is 8.35. The van der Waals surface area contributed by atoms with Crippen LogP contribution in [0, 0.1) is 20.8 Å². The Balaban J connectivity index is 1.32. The van der Waals surface area contributed by atoms with Crippen LogP contribution < -0.4 is 0 Å². The fraction of sp³-hybridized carbons (Fsp3) is 0.440. The van der Waals surface area contributed by atoms with Gasteiger partial charge in [0.1, 0.15) is 11.4 Å². The molecule has 1 fully saturated rings. The lowest BCUT2D eigenvalue weighted by Gasteiger charge is -2.39. The van der Waals surface area contributed by atoms with E-state index in [4.69, 9.17) is 14.7 Å². The SMILES string of the molecule is COC1(c2cc(-c3c(C)nn(C)c3C)n[nH]2)CCN(Cc2nc(C)c3ccccc3n2)CC1. The van der Waals surface area contributed by atoms with Crippen LogP contribution in [-0.2, 0) is 23.9 Å². The monoisotopic (exact) mass is 445 g/mol. The molecular weight excluding hydrogens is 414 g/mol. The lowest BCUT2D eigenvalue weighted by atomic mass is 9.87. The Morgan fingerprint density at radius 1 is 1.06 bits per heavy atom. The third kappa shape index (κ3) is 3.83. The number of aryl methyl sites for hydroxylation is 3. The molecule has 33 heavy (non-hydrogen) atoms. The highest BCUT2D eigenvalue weighted by Crippen LogP contribution is 2.37. The van der Waals surface area contributed by atoms with E-state index >= 15 is 0 Å². The maximum atomic E-state index is 6.11. The van der Waals surface area contributed by atoms with E-state index in [1.807, 2.05) is 30.8 Å². The summed E-state index contributed by atoms with van der Waals surface area (Å²) < 4.78 is 8.01. The molecule has 0 spiro atoms. The largest absolute Gasteiger partial charge is 0.372 e. The van der Waals surface area contributed by atoms with Gasteiger partial charge in [-0.3, -0.25) is 14.7 Å². The Morgan fingerprint density at radius 3 is 2.52 bits per heavy atom. The van der Waals surface area contributed by atoms with E-state index in [0.29, 0.717) is 0 Å². The van der Waals surface area contributed by atoms with E-state index in [1.54, 1.807) is 7.11 Å². The topological polar surface area (TPSA) is 84.8 Å². The molecule has 8 nitrogen and oxygen atoms in total. The summed E-state index contributed by atoms with van der Waals surface area (Å²) in [7, 11) is 3.76. The molecule has 1 aliphatic rings. The van der Waals surface area contributed by atoms with Crippen LogP contribution in [0.15, 0.2) is 30.3 Å². The molecule has 1 aromatic carbocycles. The Kier molecular flexibility index (Phi) is 5.50. The van der Waals surface area contributed by atoms with Gasteiger partial charge < -0.3 is 4.74 Å². The fourth-order valence-corrected chi connectivity index (χ4v) is 5.05. The summed E-state index contributed by atoms with van der Waals surface area (Å²) in [5.74, 6) is 0.877. The average Bonchev–Trinajstić information content (AvgIpc) is 3.39. The first-order valence-corrected chi connectivity index (χ1v) is 11.5. The van der Waals surface area contributed by atoms with Gasteiger partial charge in [-0.05, 0) is 45.7 Å². The molecule has 0 radical (unpaired) electrons. The van der Waals surface area contributed by atoms with Gasteiger partial charge in [-0.25, -0.2) is 9.97 Å². The number of likely N-dealkylation sites (tertiary alicyclic amines) is 1. The van der Waals surface area contributed by atoms with Crippen LogP contribution in [0.2, 0.25) is 0 Å². The molecular formula is C25H31N7O. The molecule has 1 saturated heterocycles. The van der Waals surface area contributed by atoms with E-state index in [2.05, 4.69) is 52.2 Å². The van der Waals surface area contributed by atoms with Crippen molar-refractivity contribution < 1.29 is 4.74 Å². The number of aromatic nitrogens is 6. The number of methoxy groups -OCH3 is 1. The van der Waals surface area contributed by atoms with Crippen LogP contribution in [0.1, 0.15) is 41.4 Å². The van der Waals surface area contributed by atoms with Crippen LogP contribution in [0.5, 0.6) is 0 Å². The Bertz CT molecular complexity index is 1300. The molecule has 0 unspecified atom stereocenters. The Morgan fingerprint density at radius 2 is 1.82 bits per heavy atom. The minimum atomic E-state index is -0.369. The standard InChI is InChI=1S/C25H31N7O/c1-16-19-8-6-7-9-20(19)27-23(26-16)15-32-12-10-25(33-5,11-13-32)22-14-21(28-29-22)24-17(2)30-31(4)18(24)3/h6-9,14H,10-13,15H2,1-5H3,(H,28,29). The van der Waals surface area contributed by atoms with E-state index in [-0.39, 0.29) is 5.60 Å². The highest BCUT2D eigenvalue weighted by atomic mass is 16.5. The zero-order chi connectivity index (χ0) is 23.2. The van der Waals surface area contributed by atoms with Gasteiger partial charge in [0.05, 0.1) is 29.1 Å². The number of fused-ring (bicyclic) bond motifs is 1. The van der Waals surface area contributed by atoms with Gasteiger partial charge in [-0.2, -0.15) is 10.2 Å². The summed E-state index contributed by atoms with van der Waals surface area (Å²) in [5.41, 5.74) is 6.81. The smallest absolute Gasteiger partial charge is 0.143 e. The normalized spacial score (nSPS) is 16.5. The van der Waals surface area contributed by atoms with Gasteiger partial charge in [0.2, 0.25) is 0 Å². The number of nitrogens with zero attached hydrogens (tertiary/aromatic N) is 6. The van der Waals surface area contributed by atoms with Gasteiger partial charge in [0, 0.05) is 49.6 Å². The van der Waals surface area contributed by atoms with Crippen molar-refractivity contribution >= 4 is 10.9 Å². The number of ether oxygens (including phenoxy) is 1. The predicted octanol–water partition coefficient (Wildman–Crippen LogP) is 3.82. The Labute approximate surface area is 194 Å². The third-order valence-corrected chi connectivity index (χ3v) is 7.09. The van der Waals surface area contributed by atoms with Gasteiger partial charge in [0.25, 0.3) is 0 Å². The number of piperidine rings is 1. The molecule has 3 aromatic heterocycles. The summed E-state index contributed by atoms with van der Waals surface area (Å²) >= 11 is 0. The van der Waals surface area contributed by atoms with E-state index in [0.717, 1.165) is 83.2 Å². The van der Waals surface area contributed by atoms with Gasteiger partial charge in [-0.1, -0.05) is 18.2 Å². The zero-order valence-electron chi connectivity index (χ0n) is 20.0. The van der Waals surface area contributed by atoms with Crippen LogP contribution in [0.25, 0.3) is 22.2 Å². The van der Waals surface area contributed by atoms with Crippen LogP contribution in [0.3, 0.4) is 0 Å². The van der Waals surface area contributed by atoms with E-state index in [1.165, 1.54) is 0 Å². The van der Waals surface area contributed by atoms with Gasteiger partial charge in [-0.15, -0.1) is 0 Å². The van der Waals surface area contributed by atoms with Crippen molar-refractivity contribution in [3.8, 4) is 11.3 Å². The van der Waals surface area contributed by atoms with Crippen molar-refractivity contribution in [2.24, 2.45) is 7.05 Å². The maximum Gasteiger partial charge on any atom is 0.143 e. The summed E-state index contributed by atoms with van der Waals surface area (Å²) in [4.78, 5) is 12.0. The van der Waals surface area contributed by atoms with Crippen molar-refractivity contribution in [2.45, 2.75) is 45.8 Å². The second-order valence-electron chi connectivity index (χ2n) is 9.05. The van der Waals surface area contributed by atoms with E-state index in [9.17, 15) is 0 Å². The number of benzene rings is 1. The number of hydrogen-bond donors (Lipinski definition) is 1. The molecule has 5 rings (SSSR count). The van der Waals surface area contributed by atoms with Crippen LogP contribution in [0.4, 0.5) is 0 Å². The lowest BCUT2D eigenvalue weighted by molar-refractivity contribution is -0.0671. The number of aromatic amines is 1. The quantitative estimate of drug-likeness (QED) is 0.503. The minimum absolute atomic E-state index is 0.369. The molecule has 1 aliphatic heterocycles. The molecule has 4 aromatic rings. The zero-order valence-corrected chi connectivity index (χ0v) is 20.0. The molecule has 4 heterocycles. The summed E-state index contributed by atoms with van der Waals surface area (Å²) in [6, 6.07) is 10.3. The number of hydrogen-bond acceptors (Lipinski definition) is 6. The Hall–Kier alpha value is -3.10. The van der Waals surface area contributed by atoms with Crippen LogP contribution in [-0.4, -0.2) is 55.0 Å². The van der Waals surface area contributed by atoms with E-state index < -0.39 is 0 Å². The molecule has 172 valence electrons. The van der Waals surface area contributed by atoms with Gasteiger partial charge >= 0.3 is 0 Å². The number of rotatable bonds is 5. The lowest BCUT2D eigenvalue weighted by Crippen LogP contribution is -2.43. The van der Waals surface area contributed by atoms with Crippen molar-refractivity contribution in [3.05, 3.63) is 58.9 Å². The molecule has 8 heteroatoms. The fourth-order valence-electron chi connectivity index (χ4n) is 5.05. The third-order valence-electron chi connectivity index (χ3n) is 7.09. The van der Waals surface area contributed by atoms with Crippen molar-refractivity contribution in [1.82, 2.24) is 34.8 Å². The van der Waals surface area contributed by atoms with Crippen LogP contribution >= 0.6 is 0 Å². The van der Waals surface area contributed by atoms with Crippen molar-refractivity contribution in [3.63, 3.8) is 0 Å². The van der Waals surface area contributed by atoms with Gasteiger partial charge in [0.15, 0.2) is 0 Å².